The molecular weight excluding hydrogens is 152 g/mol. The molecule has 0 aromatic heterocycles. The minimum atomic E-state index is -0.215. The van der Waals surface area contributed by atoms with Crippen LogP contribution in [0.2, 0.25) is 0 Å². The van der Waals surface area contributed by atoms with E-state index in [1.54, 1.807) is 0 Å². The monoisotopic (exact) mass is 172 g/mol. The van der Waals surface area contributed by atoms with Gasteiger partial charge in [-0.1, -0.05) is 33.1 Å². The van der Waals surface area contributed by atoms with E-state index in [0.717, 1.165) is 19.3 Å². The molecule has 1 rings (SSSR count). The van der Waals surface area contributed by atoms with E-state index >= 15 is 0 Å². The Morgan fingerprint density at radius 3 is 2.75 bits per heavy atom. The molecule has 0 spiro atoms. The van der Waals surface area contributed by atoms with E-state index in [1.165, 1.54) is 19.3 Å². The Bertz CT molecular complexity index is 132. The first kappa shape index (κ1) is 10.0. The molecule has 2 atom stereocenters. The highest BCUT2D eigenvalue weighted by Crippen LogP contribution is 2.39. The minimum absolute atomic E-state index is 0.215. The van der Waals surface area contributed by atoms with Crippen LogP contribution in [0.15, 0.2) is 0 Å². The van der Waals surface area contributed by atoms with Crippen LogP contribution in [-0.2, 0) is 4.89 Å². The highest BCUT2D eigenvalue weighted by Gasteiger charge is 2.38. The predicted molar refractivity (Wildman–Crippen MR) is 49.0 cm³/mol. The molecule has 1 aliphatic rings. The van der Waals surface area contributed by atoms with Gasteiger partial charge in [0.2, 0.25) is 0 Å². The molecule has 12 heavy (non-hydrogen) atoms. The van der Waals surface area contributed by atoms with Crippen molar-refractivity contribution < 1.29 is 10.1 Å². The lowest BCUT2D eigenvalue weighted by Crippen LogP contribution is -2.41. The van der Waals surface area contributed by atoms with Gasteiger partial charge in [-0.05, 0) is 25.2 Å². The fourth-order valence-corrected chi connectivity index (χ4v) is 2.36. The molecule has 2 heteroatoms. The molecule has 1 N–H and O–H groups in total. The Morgan fingerprint density at radius 2 is 2.25 bits per heavy atom. The van der Waals surface area contributed by atoms with E-state index in [2.05, 4.69) is 13.8 Å². The summed E-state index contributed by atoms with van der Waals surface area (Å²) in [5.74, 6) is 0.510. The molecule has 72 valence electrons. The summed E-state index contributed by atoms with van der Waals surface area (Å²) in [6, 6.07) is 0. The van der Waals surface area contributed by atoms with Crippen molar-refractivity contribution in [3.8, 4) is 0 Å². The Balaban J connectivity index is 2.60. The van der Waals surface area contributed by atoms with Crippen molar-refractivity contribution in [2.75, 3.05) is 0 Å². The first-order valence-corrected chi connectivity index (χ1v) is 5.08. The van der Waals surface area contributed by atoms with E-state index in [9.17, 15) is 0 Å². The lowest BCUT2D eigenvalue weighted by molar-refractivity contribution is -0.345. The zero-order valence-electron chi connectivity index (χ0n) is 8.18. The Morgan fingerprint density at radius 1 is 1.50 bits per heavy atom. The molecule has 1 fully saturated rings. The lowest BCUT2D eigenvalue weighted by atomic mass is 9.74. The first-order chi connectivity index (χ1) is 5.75. The van der Waals surface area contributed by atoms with Gasteiger partial charge in [-0.25, -0.2) is 4.89 Å². The van der Waals surface area contributed by atoms with Crippen LogP contribution in [0.25, 0.3) is 0 Å². The number of hydrogen-bond donors (Lipinski definition) is 1. The third-order valence-corrected chi connectivity index (χ3v) is 3.24. The van der Waals surface area contributed by atoms with Crippen molar-refractivity contribution in [1.29, 1.82) is 0 Å². The smallest absolute Gasteiger partial charge is 0.106 e. The average Bonchev–Trinajstić information content (AvgIpc) is 2.10. The van der Waals surface area contributed by atoms with Gasteiger partial charge in [0.15, 0.2) is 0 Å². The van der Waals surface area contributed by atoms with Gasteiger partial charge in [0, 0.05) is 0 Å². The molecule has 0 amide bonds. The van der Waals surface area contributed by atoms with Gasteiger partial charge in [0.05, 0.1) is 0 Å². The molecule has 0 heterocycles. The van der Waals surface area contributed by atoms with Crippen LogP contribution in [0.5, 0.6) is 0 Å². The van der Waals surface area contributed by atoms with Gasteiger partial charge in [0.1, 0.15) is 5.60 Å². The van der Waals surface area contributed by atoms with Crippen molar-refractivity contribution in [3.05, 3.63) is 0 Å². The minimum Gasteiger partial charge on any atom is -0.251 e. The fraction of sp³-hybridized carbons (Fsp3) is 1.00. The quantitative estimate of drug-likeness (QED) is 0.523. The third-order valence-electron chi connectivity index (χ3n) is 3.24. The maximum atomic E-state index is 8.94. The maximum absolute atomic E-state index is 8.94. The second kappa shape index (κ2) is 4.24. The second-order valence-electron chi connectivity index (χ2n) is 4.05. The molecule has 1 aliphatic carbocycles. The summed E-state index contributed by atoms with van der Waals surface area (Å²) in [6.45, 7) is 4.33. The van der Waals surface area contributed by atoms with Gasteiger partial charge >= 0.3 is 0 Å². The van der Waals surface area contributed by atoms with Gasteiger partial charge in [-0.2, -0.15) is 0 Å². The van der Waals surface area contributed by atoms with Crippen molar-refractivity contribution in [2.45, 2.75) is 58.0 Å². The Kier molecular flexibility index (Phi) is 3.53. The highest BCUT2D eigenvalue weighted by molar-refractivity contribution is 4.88. The average molecular weight is 172 g/mol. The largest absolute Gasteiger partial charge is 0.251 e. The molecule has 0 aromatic rings. The normalized spacial score (nSPS) is 36.8. The van der Waals surface area contributed by atoms with Gasteiger partial charge in [-0.3, -0.25) is 5.26 Å². The third kappa shape index (κ3) is 1.80. The maximum Gasteiger partial charge on any atom is 0.106 e. The van der Waals surface area contributed by atoms with E-state index in [1.807, 2.05) is 0 Å². The van der Waals surface area contributed by atoms with Gasteiger partial charge in [-0.15, -0.1) is 0 Å². The first-order valence-electron chi connectivity index (χ1n) is 5.08. The zero-order chi connectivity index (χ0) is 9.03. The summed E-state index contributed by atoms with van der Waals surface area (Å²) >= 11 is 0. The number of hydrogen-bond acceptors (Lipinski definition) is 2. The molecule has 0 aliphatic heterocycles. The van der Waals surface area contributed by atoms with Crippen molar-refractivity contribution in [3.63, 3.8) is 0 Å². The second-order valence-corrected chi connectivity index (χ2v) is 4.05. The lowest BCUT2D eigenvalue weighted by Gasteiger charge is -2.39. The zero-order valence-corrected chi connectivity index (χ0v) is 8.18. The van der Waals surface area contributed by atoms with Crippen LogP contribution in [0.4, 0.5) is 0 Å². The molecule has 0 aromatic carbocycles. The molecule has 1 saturated carbocycles. The molecule has 2 nitrogen and oxygen atoms in total. The molecule has 2 unspecified atom stereocenters. The van der Waals surface area contributed by atoms with Crippen molar-refractivity contribution in [1.82, 2.24) is 0 Å². The topological polar surface area (TPSA) is 29.5 Å². The van der Waals surface area contributed by atoms with Crippen molar-refractivity contribution >= 4 is 0 Å². The van der Waals surface area contributed by atoms with Crippen molar-refractivity contribution in [2.24, 2.45) is 5.92 Å². The van der Waals surface area contributed by atoms with E-state index in [-0.39, 0.29) is 5.60 Å². The van der Waals surface area contributed by atoms with Gasteiger partial charge < -0.3 is 0 Å². The highest BCUT2D eigenvalue weighted by atomic mass is 17.1. The Hall–Kier alpha value is -0.0800. The number of rotatable bonds is 3. The van der Waals surface area contributed by atoms with Crippen LogP contribution in [-0.4, -0.2) is 10.9 Å². The molecule has 0 radical (unpaired) electrons. The van der Waals surface area contributed by atoms with Crippen LogP contribution >= 0.6 is 0 Å². The van der Waals surface area contributed by atoms with Gasteiger partial charge in [0.25, 0.3) is 0 Å². The summed E-state index contributed by atoms with van der Waals surface area (Å²) in [4.78, 5) is 4.73. The van der Waals surface area contributed by atoms with E-state index in [0.29, 0.717) is 5.92 Å². The summed E-state index contributed by atoms with van der Waals surface area (Å²) in [5, 5.41) is 8.94. The van der Waals surface area contributed by atoms with Crippen LogP contribution in [0, 0.1) is 5.92 Å². The predicted octanol–water partition coefficient (Wildman–Crippen LogP) is 3.23. The standard InChI is InChI=1S/C10H20O2/c1-3-7-10(12-11)8-5-4-6-9(10)2/h9,11H,3-8H2,1-2H3. The SMILES string of the molecule is CCCC1(OO)CCCCC1C. The van der Waals surface area contributed by atoms with Crippen LogP contribution < -0.4 is 0 Å². The fourth-order valence-electron chi connectivity index (χ4n) is 2.36. The van der Waals surface area contributed by atoms with E-state index < -0.39 is 0 Å². The summed E-state index contributed by atoms with van der Waals surface area (Å²) in [6.07, 6.45) is 6.79. The molecule has 0 saturated heterocycles. The summed E-state index contributed by atoms with van der Waals surface area (Å²) < 4.78 is 0. The van der Waals surface area contributed by atoms with Crippen LogP contribution in [0.3, 0.4) is 0 Å². The summed E-state index contributed by atoms with van der Waals surface area (Å²) in [5.41, 5.74) is -0.215. The molecule has 0 bridgehead atoms. The van der Waals surface area contributed by atoms with Crippen LogP contribution in [0.1, 0.15) is 52.4 Å². The Labute approximate surface area is 74.9 Å². The van der Waals surface area contributed by atoms with E-state index in [4.69, 9.17) is 10.1 Å². The summed E-state index contributed by atoms with van der Waals surface area (Å²) in [7, 11) is 0. The molecular formula is C10H20O2.